The summed E-state index contributed by atoms with van der Waals surface area (Å²) in [4.78, 5) is 4.02. The number of nitrogens with zero attached hydrogens (tertiary/aromatic N) is 1. The first-order valence-electron chi connectivity index (χ1n) is 7.47. The first kappa shape index (κ1) is 16.8. The van der Waals surface area contributed by atoms with Crippen LogP contribution in [0, 0.1) is 0 Å². The van der Waals surface area contributed by atoms with Crippen LogP contribution < -0.4 is 9.47 Å². The lowest BCUT2D eigenvalue weighted by molar-refractivity contribution is -0.274. The fourth-order valence-corrected chi connectivity index (χ4v) is 2.24. The summed E-state index contributed by atoms with van der Waals surface area (Å²) in [6.45, 7) is 0.413. The molecule has 0 radical (unpaired) electrons. The molecule has 0 amide bonds. The summed E-state index contributed by atoms with van der Waals surface area (Å²) in [5, 5.41) is 0. The molecular weight excluding hydrogens is 331 g/mol. The van der Waals surface area contributed by atoms with Crippen molar-refractivity contribution in [3.63, 3.8) is 0 Å². The lowest BCUT2D eigenvalue weighted by Crippen LogP contribution is -2.16. The van der Waals surface area contributed by atoms with Crippen molar-refractivity contribution in [2.45, 2.75) is 13.0 Å². The standard InChI is InChI=1S/C19H14F3NO2/c20-19(21,22)25-18-9-5-16(6-10-18)15-3-7-17(8-4-15)24-13-14-2-1-11-23-12-14/h1-12H,13H2. The Balaban J connectivity index is 1.64. The molecule has 0 aliphatic rings. The van der Waals surface area contributed by atoms with E-state index in [9.17, 15) is 13.2 Å². The third-order valence-corrected chi connectivity index (χ3v) is 3.40. The zero-order valence-electron chi connectivity index (χ0n) is 13.0. The van der Waals surface area contributed by atoms with Crippen LogP contribution in [-0.2, 0) is 6.61 Å². The minimum atomic E-state index is -4.69. The lowest BCUT2D eigenvalue weighted by atomic mass is 10.1. The Morgan fingerprint density at radius 1 is 0.800 bits per heavy atom. The number of hydrogen-bond donors (Lipinski definition) is 0. The monoisotopic (exact) mass is 345 g/mol. The Hall–Kier alpha value is -3.02. The second-order valence-electron chi connectivity index (χ2n) is 5.25. The highest BCUT2D eigenvalue weighted by Gasteiger charge is 2.30. The summed E-state index contributed by atoms with van der Waals surface area (Å²) >= 11 is 0. The van der Waals surface area contributed by atoms with Gasteiger partial charge in [-0.15, -0.1) is 13.2 Å². The number of aromatic nitrogens is 1. The van der Waals surface area contributed by atoms with Crippen molar-refractivity contribution in [2.24, 2.45) is 0 Å². The van der Waals surface area contributed by atoms with Crippen molar-refractivity contribution in [3.8, 4) is 22.6 Å². The van der Waals surface area contributed by atoms with Crippen LogP contribution in [-0.4, -0.2) is 11.3 Å². The molecule has 0 bridgehead atoms. The highest BCUT2D eigenvalue weighted by Crippen LogP contribution is 2.27. The quantitative estimate of drug-likeness (QED) is 0.635. The van der Waals surface area contributed by atoms with Crippen LogP contribution in [0.15, 0.2) is 73.1 Å². The van der Waals surface area contributed by atoms with E-state index in [1.807, 2.05) is 36.4 Å². The average Bonchev–Trinajstić information content (AvgIpc) is 2.61. The third-order valence-electron chi connectivity index (χ3n) is 3.40. The van der Waals surface area contributed by atoms with Gasteiger partial charge in [0.15, 0.2) is 0 Å². The first-order chi connectivity index (χ1) is 12.0. The maximum Gasteiger partial charge on any atom is 0.573 e. The maximum absolute atomic E-state index is 12.2. The molecule has 0 saturated heterocycles. The number of halogens is 3. The largest absolute Gasteiger partial charge is 0.573 e. The summed E-state index contributed by atoms with van der Waals surface area (Å²) in [5.74, 6) is 0.456. The van der Waals surface area contributed by atoms with E-state index in [1.165, 1.54) is 12.1 Å². The van der Waals surface area contributed by atoms with Crippen molar-refractivity contribution in [3.05, 3.63) is 78.6 Å². The fourth-order valence-electron chi connectivity index (χ4n) is 2.24. The van der Waals surface area contributed by atoms with Gasteiger partial charge in [0, 0.05) is 18.0 Å². The molecule has 0 fully saturated rings. The third kappa shape index (κ3) is 4.97. The molecular formula is C19H14F3NO2. The summed E-state index contributed by atoms with van der Waals surface area (Å²) in [6, 6.07) is 16.8. The van der Waals surface area contributed by atoms with Gasteiger partial charge in [-0.3, -0.25) is 4.98 Å². The summed E-state index contributed by atoms with van der Waals surface area (Å²) in [7, 11) is 0. The number of ether oxygens (including phenoxy) is 2. The number of rotatable bonds is 5. The number of hydrogen-bond acceptors (Lipinski definition) is 3. The minimum Gasteiger partial charge on any atom is -0.489 e. The molecule has 1 heterocycles. The van der Waals surface area contributed by atoms with Crippen LogP contribution in [0.5, 0.6) is 11.5 Å². The molecule has 3 aromatic rings. The molecule has 3 rings (SSSR count). The van der Waals surface area contributed by atoms with E-state index in [0.717, 1.165) is 16.7 Å². The van der Waals surface area contributed by atoms with Crippen molar-refractivity contribution in [2.75, 3.05) is 0 Å². The topological polar surface area (TPSA) is 31.4 Å². The van der Waals surface area contributed by atoms with E-state index in [-0.39, 0.29) is 5.75 Å². The number of alkyl halides is 3. The molecule has 25 heavy (non-hydrogen) atoms. The second kappa shape index (κ2) is 7.25. The van der Waals surface area contributed by atoms with Crippen LogP contribution in [0.4, 0.5) is 13.2 Å². The van der Waals surface area contributed by atoms with E-state index in [0.29, 0.717) is 12.4 Å². The van der Waals surface area contributed by atoms with Gasteiger partial charge in [-0.1, -0.05) is 30.3 Å². The molecule has 0 unspecified atom stereocenters. The summed E-state index contributed by atoms with van der Waals surface area (Å²) < 4.78 is 46.0. The molecule has 0 N–H and O–H groups in total. The number of pyridine rings is 1. The van der Waals surface area contributed by atoms with Crippen LogP contribution >= 0.6 is 0 Å². The lowest BCUT2D eigenvalue weighted by Gasteiger charge is -2.10. The van der Waals surface area contributed by atoms with E-state index in [1.54, 1.807) is 24.5 Å². The van der Waals surface area contributed by atoms with Gasteiger partial charge < -0.3 is 9.47 Å². The van der Waals surface area contributed by atoms with Gasteiger partial charge in [0.2, 0.25) is 0 Å². The molecule has 0 aliphatic heterocycles. The SMILES string of the molecule is FC(F)(F)Oc1ccc(-c2ccc(OCc3cccnc3)cc2)cc1. The summed E-state index contributed by atoms with van der Waals surface area (Å²) in [5.41, 5.74) is 2.62. The van der Waals surface area contributed by atoms with Crippen molar-refractivity contribution in [1.82, 2.24) is 4.98 Å². The maximum atomic E-state index is 12.2. The molecule has 0 saturated carbocycles. The van der Waals surface area contributed by atoms with E-state index in [4.69, 9.17) is 4.74 Å². The molecule has 0 aliphatic carbocycles. The van der Waals surface area contributed by atoms with Crippen LogP contribution in [0.3, 0.4) is 0 Å². The van der Waals surface area contributed by atoms with Gasteiger partial charge >= 0.3 is 6.36 Å². The Kier molecular flexibility index (Phi) is 4.88. The Bertz CT molecular complexity index is 801. The molecule has 6 heteroatoms. The molecule has 2 aromatic carbocycles. The first-order valence-corrected chi connectivity index (χ1v) is 7.47. The van der Waals surface area contributed by atoms with Crippen LogP contribution in [0.2, 0.25) is 0 Å². The average molecular weight is 345 g/mol. The number of benzene rings is 2. The molecule has 0 spiro atoms. The van der Waals surface area contributed by atoms with Crippen molar-refractivity contribution < 1.29 is 22.6 Å². The Labute approximate surface area is 142 Å². The predicted octanol–water partition coefficient (Wildman–Crippen LogP) is 5.23. The summed E-state index contributed by atoms with van der Waals surface area (Å²) in [6.07, 6.45) is -1.25. The Morgan fingerprint density at radius 2 is 1.40 bits per heavy atom. The van der Waals surface area contributed by atoms with Gasteiger partial charge in [-0.2, -0.15) is 0 Å². The Morgan fingerprint density at radius 3 is 1.92 bits per heavy atom. The zero-order valence-corrected chi connectivity index (χ0v) is 13.0. The normalized spacial score (nSPS) is 11.2. The molecule has 1 aromatic heterocycles. The van der Waals surface area contributed by atoms with E-state index < -0.39 is 6.36 Å². The van der Waals surface area contributed by atoms with Crippen LogP contribution in [0.25, 0.3) is 11.1 Å². The van der Waals surface area contributed by atoms with Gasteiger partial charge in [-0.25, -0.2) is 0 Å². The smallest absolute Gasteiger partial charge is 0.489 e. The molecule has 0 atom stereocenters. The van der Waals surface area contributed by atoms with Gasteiger partial charge in [0.1, 0.15) is 18.1 Å². The van der Waals surface area contributed by atoms with Gasteiger partial charge in [0.05, 0.1) is 0 Å². The predicted molar refractivity (Wildman–Crippen MR) is 87.1 cm³/mol. The highest BCUT2D eigenvalue weighted by atomic mass is 19.4. The van der Waals surface area contributed by atoms with E-state index in [2.05, 4.69) is 9.72 Å². The van der Waals surface area contributed by atoms with Gasteiger partial charge in [0.25, 0.3) is 0 Å². The van der Waals surface area contributed by atoms with Crippen molar-refractivity contribution >= 4 is 0 Å². The van der Waals surface area contributed by atoms with Gasteiger partial charge in [-0.05, 0) is 41.5 Å². The molecule has 128 valence electrons. The van der Waals surface area contributed by atoms with Crippen LogP contribution in [0.1, 0.15) is 5.56 Å². The van der Waals surface area contributed by atoms with Crippen molar-refractivity contribution in [1.29, 1.82) is 0 Å². The second-order valence-corrected chi connectivity index (χ2v) is 5.25. The minimum absolute atomic E-state index is 0.243. The van der Waals surface area contributed by atoms with E-state index >= 15 is 0 Å². The molecule has 3 nitrogen and oxygen atoms in total. The zero-order chi connectivity index (χ0) is 17.7. The fraction of sp³-hybridized carbons (Fsp3) is 0.105. The highest BCUT2D eigenvalue weighted by molar-refractivity contribution is 5.64.